The number of anilines is 2. The number of nitrogens with one attached hydrogen (secondary N) is 2. The molecule has 1 amide bonds. The number of aromatic nitrogens is 2. The molecule has 1 aromatic heterocycles. The zero-order valence-corrected chi connectivity index (χ0v) is 17.6. The molecule has 7 nitrogen and oxygen atoms in total. The third kappa shape index (κ3) is 3.34. The van der Waals surface area contributed by atoms with Gasteiger partial charge in [-0.1, -0.05) is 24.3 Å². The Morgan fingerprint density at radius 2 is 1.94 bits per heavy atom. The molecule has 1 aliphatic rings. The quantitative estimate of drug-likeness (QED) is 0.510. The molecule has 31 heavy (non-hydrogen) atoms. The van der Waals surface area contributed by atoms with Crippen LogP contribution in [0.4, 0.5) is 11.4 Å². The van der Waals surface area contributed by atoms with Crippen LogP contribution < -0.4 is 9.62 Å². The van der Waals surface area contributed by atoms with Crippen molar-refractivity contribution in [3.63, 3.8) is 0 Å². The fourth-order valence-corrected chi connectivity index (χ4v) is 5.77. The van der Waals surface area contributed by atoms with Crippen LogP contribution in [0, 0.1) is 0 Å². The SMILES string of the molecule is C[C@@H]1Cc2ccccc2N1S(=O)(=O)c1cccc(C(=O)Nc2ccc3cn[nH]c3c2)c1. The van der Waals surface area contributed by atoms with Crippen molar-refractivity contribution in [1.82, 2.24) is 10.2 Å². The average Bonchev–Trinajstić information content (AvgIpc) is 3.36. The second-order valence-electron chi connectivity index (χ2n) is 7.64. The number of para-hydroxylation sites is 1. The number of benzene rings is 3. The number of rotatable bonds is 4. The Morgan fingerprint density at radius 1 is 1.10 bits per heavy atom. The van der Waals surface area contributed by atoms with Gasteiger partial charge in [0.1, 0.15) is 0 Å². The predicted octanol–water partition coefficient (Wildman–Crippen LogP) is 3.96. The number of sulfonamides is 1. The second kappa shape index (κ2) is 7.24. The molecule has 0 unspecified atom stereocenters. The smallest absolute Gasteiger partial charge is 0.264 e. The molecule has 0 aliphatic carbocycles. The van der Waals surface area contributed by atoms with E-state index in [-0.39, 0.29) is 22.4 Å². The number of fused-ring (bicyclic) bond motifs is 2. The molecule has 5 rings (SSSR count). The number of amides is 1. The van der Waals surface area contributed by atoms with Crippen molar-refractivity contribution < 1.29 is 13.2 Å². The van der Waals surface area contributed by atoms with Crippen LogP contribution in [0.1, 0.15) is 22.8 Å². The van der Waals surface area contributed by atoms with Crippen molar-refractivity contribution in [2.45, 2.75) is 24.3 Å². The van der Waals surface area contributed by atoms with E-state index in [1.54, 1.807) is 30.5 Å². The van der Waals surface area contributed by atoms with E-state index in [0.717, 1.165) is 16.5 Å². The van der Waals surface area contributed by atoms with Gasteiger partial charge in [0.2, 0.25) is 0 Å². The van der Waals surface area contributed by atoms with Gasteiger partial charge in [0, 0.05) is 22.7 Å². The Balaban J connectivity index is 1.45. The summed E-state index contributed by atoms with van der Waals surface area (Å²) in [6.07, 6.45) is 2.36. The largest absolute Gasteiger partial charge is 0.322 e. The Kier molecular flexibility index (Phi) is 4.51. The Bertz CT molecular complexity index is 1410. The third-order valence-corrected chi connectivity index (χ3v) is 7.42. The van der Waals surface area contributed by atoms with Crippen molar-refractivity contribution in [3.05, 3.63) is 84.1 Å². The molecule has 3 aromatic carbocycles. The molecule has 0 radical (unpaired) electrons. The monoisotopic (exact) mass is 432 g/mol. The minimum Gasteiger partial charge on any atom is -0.322 e. The Morgan fingerprint density at radius 3 is 2.81 bits per heavy atom. The van der Waals surface area contributed by atoms with Crippen LogP contribution in [0.3, 0.4) is 0 Å². The molecule has 0 saturated carbocycles. The summed E-state index contributed by atoms with van der Waals surface area (Å²) < 4.78 is 28.3. The molecule has 0 spiro atoms. The van der Waals surface area contributed by atoms with Gasteiger partial charge >= 0.3 is 0 Å². The zero-order valence-electron chi connectivity index (χ0n) is 16.7. The number of carbonyl (C=O) groups excluding carboxylic acids is 1. The lowest BCUT2D eigenvalue weighted by Gasteiger charge is -2.24. The van der Waals surface area contributed by atoms with Crippen LogP contribution in [0.15, 0.2) is 77.8 Å². The topological polar surface area (TPSA) is 95.2 Å². The van der Waals surface area contributed by atoms with Crippen molar-refractivity contribution in [2.75, 3.05) is 9.62 Å². The minimum atomic E-state index is -3.81. The first kappa shape index (κ1) is 19.3. The summed E-state index contributed by atoms with van der Waals surface area (Å²) in [6.45, 7) is 1.89. The number of nitrogens with zero attached hydrogens (tertiary/aromatic N) is 2. The van der Waals surface area contributed by atoms with Crippen molar-refractivity contribution in [2.24, 2.45) is 0 Å². The molecule has 1 atom stereocenters. The summed E-state index contributed by atoms with van der Waals surface area (Å²) >= 11 is 0. The van der Waals surface area contributed by atoms with Crippen LogP contribution >= 0.6 is 0 Å². The number of hydrogen-bond donors (Lipinski definition) is 2. The van der Waals surface area contributed by atoms with Gasteiger partial charge in [0.05, 0.1) is 22.3 Å². The van der Waals surface area contributed by atoms with Crippen molar-refractivity contribution >= 4 is 38.2 Å². The molecule has 1 aliphatic heterocycles. The normalized spacial score (nSPS) is 15.8. The highest BCUT2D eigenvalue weighted by molar-refractivity contribution is 7.92. The highest BCUT2D eigenvalue weighted by Gasteiger charge is 2.36. The third-order valence-electron chi connectivity index (χ3n) is 5.50. The summed E-state index contributed by atoms with van der Waals surface area (Å²) in [7, 11) is -3.81. The van der Waals surface area contributed by atoms with E-state index in [9.17, 15) is 13.2 Å². The van der Waals surface area contributed by atoms with Gasteiger partial charge in [0.25, 0.3) is 15.9 Å². The lowest BCUT2D eigenvalue weighted by molar-refractivity contribution is 0.102. The molecular formula is C23H20N4O3S. The number of H-pyrrole nitrogens is 1. The first-order chi connectivity index (χ1) is 14.9. The molecule has 156 valence electrons. The zero-order chi connectivity index (χ0) is 21.6. The van der Waals surface area contributed by atoms with E-state index in [1.807, 2.05) is 37.3 Å². The number of hydrogen-bond acceptors (Lipinski definition) is 4. The van der Waals surface area contributed by atoms with Gasteiger partial charge in [-0.05, 0) is 61.4 Å². The minimum absolute atomic E-state index is 0.0905. The van der Waals surface area contributed by atoms with E-state index >= 15 is 0 Å². The van der Waals surface area contributed by atoms with Gasteiger partial charge in [0.15, 0.2) is 0 Å². The lowest BCUT2D eigenvalue weighted by Crippen LogP contribution is -2.35. The van der Waals surface area contributed by atoms with Gasteiger partial charge in [-0.2, -0.15) is 5.10 Å². The van der Waals surface area contributed by atoms with Crippen molar-refractivity contribution in [1.29, 1.82) is 0 Å². The molecule has 0 bridgehead atoms. The van der Waals surface area contributed by atoms with E-state index in [0.29, 0.717) is 17.8 Å². The van der Waals surface area contributed by atoms with E-state index in [2.05, 4.69) is 15.5 Å². The molecular weight excluding hydrogens is 412 g/mol. The standard InChI is InChI=1S/C23H20N4O3S/c1-15-11-16-5-2-3-8-22(16)27(15)31(29,30)20-7-4-6-17(12-20)23(28)25-19-10-9-18-14-24-26-21(18)13-19/h2-10,12-15H,11H2,1H3,(H,24,26)(H,25,28)/t15-/m1/s1. The van der Waals surface area contributed by atoms with Crippen LogP contribution in [0.2, 0.25) is 0 Å². The first-order valence-corrected chi connectivity index (χ1v) is 11.3. The first-order valence-electron chi connectivity index (χ1n) is 9.90. The van der Waals surface area contributed by atoms with Crippen LogP contribution in [-0.2, 0) is 16.4 Å². The summed E-state index contributed by atoms with van der Waals surface area (Å²) in [4.78, 5) is 12.9. The van der Waals surface area contributed by atoms with Crippen molar-refractivity contribution in [3.8, 4) is 0 Å². The van der Waals surface area contributed by atoms with E-state index < -0.39 is 10.0 Å². The average molecular weight is 433 g/mol. The number of aromatic amines is 1. The number of carbonyl (C=O) groups is 1. The van der Waals surface area contributed by atoms with E-state index in [4.69, 9.17) is 0 Å². The van der Waals surface area contributed by atoms with Gasteiger partial charge in [-0.15, -0.1) is 0 Å². The fourth-order valence-electron chi connectivity index (χ4n) is 4.03. The maximum Gasteiger partial charge on any atom is 0.264 e. The summed E-state index contributed by atoms with van der Waals surface area (Å²) in [5, 5.41) is 10.6. The maximum atomic E-state index is 13.4. The molecule has 2 N–H and O–H groups in total. The van der Waals surface area contributed by atoms with E-state index in [1.165, 1.54) is 16.4 Å². The highest BCUT2D eigenvalue weighted by Crippen LogP contribution is 2.36. The van der Waals surface area contributed by atoms with Crippen LogP contribution in [0.25, 0.3) is 10.9 Å². The molecule has 0 fully saturated rings. The lowest BCUT2D eigenvalue weighted by atomic mass is 10.1. The fraction of sp³-hybridized carbons (Fsp3) is 0.130. The molecule has 8 heteroatoms. The molecule has 2 heterocycles. The van der Waals surface area contributed by atoms with Gasteiger partial charge < -0.3 is 5.32 Å². The predicted molar refractivity (Wildman–Crippen MR) is 120 cm³/mol. The highest BCUT2D eigenvalue weighted by atomic mass is 32.2. The van der Waals surface area contributed by atoms with Crippen LogP contribution in [0.5, 0.6) is 0 Å². The Labute approximate surface area is 179 Å². The van der Waals surface area contributed by atoms with Gasteiger partial charge in [-0.3, -0.25) is 14.2 Å². The Hall–Kier alpha value is -3.65. The summed E-state index contributed by atoms with van der Waals surface area (Å²) in [6, 6.07) is 18.9. The molecule has 4 aromatic rings. The van der Waals surface area contributed by atoms with Gasteiger partial charge in [-0.25, -0.2) is 8.42 Å². The maximum absolute atomic E-state index is 13.4. The summed E-state index contributed by atoms with van der Waals surface area (Å²) in [5.74, 6) is -0.384. The second-order valence-corrected chi connectivity index (χ2v) is 9.45. The summed E-state index contributed by atoms with van der Waals surface area (Å²) in [5.41, 5.74) is 3.36. The molecule has 0 saturated heterocycles. The van der Waals surface area contributed by atoms with Crippen LogP contribution in [-0.4, -0.2) is 30.6 Å².